The van der Waals surface area contributed by atoms with Gasteiger partial charge in [0.25, 0.3) is 0 Å². The Morgan fingerprint density at radius 2 is 2.05 bits per heavy atom. The molecule has 5 heteroatoms. The lowest BCUT2D eigenvalue weighted by Crippen LogP contribution is -2.43. The number of aliphatic carboxylic acids is 1. The number of ketones is 1. The van der Waals surface area contributed by atoms with Crippen molar-refractivity contribution in [3.05, 3.63) is 35.4 Å². The van der Waals surface area contributed by atoms with Crippen molar-refractivity contribution in [1.29, 1.82) is 0 Å². The monoisotopic (exact) mass is 261 g/mol. The summed E-state index contributed by atoms with van der Waals surface area (Å²) >= 11 is 0. The predicted molar refractivity (Wildman–Crippen MR) is 67.6 cm³/mol. The summed E-state index contributed by atoms with van der Waals surface area (Å²) in [5, 5.41) is 9.28. The first-order valence-electron chi connectivity index (χ1n) is 6.07. The van der Waals surface area contributed by atoms with E-state index < -0.39 is 17.9 Å². The number of hydrogen-bond acceptors (Lipinski definition) is 3. The number of hydrogen-bond donors (Lipinski definition) is 1. The molecule has 0 radical (unpaired) electrons. The molecular formula is C14H15NO4. The Morgan fingerprint density at radius 1 is 1.37 bits per heavy atom. The molecule has 1 saturated heterocycles. The largest absolute Gasteiger partial charge is 0.480 e. The highest BCUT2D eigenvalue weighted by Crippen LogP contribution is 2.17. The number of rotatable bonds is 4. The van der Waals surface area contributed by atoms with Crippen molar-refractivity contribution in [3.8, 4) is 0 Å². The summed E-state index contributed by atoms with van der Waals surface area (Å²) in [6.07, 6.45) is 0.0403. The second-order valence-electron chi connectivity index (χ2n) is 4.72. The third-order valence-electron chi connectivity index (χ3n) is 3.35. The molecule has 2 rings (SSSR count). The van der Waals surface area contributed by atoms with E-state index in [1.165, 1.54) is 0 Å². The van der Waals surface area contributed by atoms with Crippen LogP contribution in [0.3, 0.4) is 0 Å². The lowest BCUT2D eigenvalue weighted by atomic mass is 10.0. The summed E-state index contributed by atoms with van der Waals surface area (Å²) < 4.78 is 0. The van der Waals surface area contributed by atoms with E-state index >= 15 is 0 Å². The average molecular weight is 261 g/mol. The van der Waals surface area contributed by atoms with Crippen LogP contribution in [-0.4, -0.2) is 40.3 Å². The smallest absolute Gasteiger partial charge is 0.326 e. The van der Waals surface area contributed by atoms with Gasteiger partial charge in [-0.25, -0.2) is 4.79 Å². The normalized spacial score (nSPS) is 16.8. The lowest BCUT2D eigenvalue weighted by Gasteiger charge is -2.24. The van der Waals surface area contributed by atoms with Crippen LogP contribution in [0.5, 0.6) is 0 Å². The van der Waals surface area contributed by atoms with Crippen molar-refractivity contribution < 1.29 is 19.5 Å². The maximum absolute atomic E-state index is 11.6. The van der Waals surface area contributed by atoms with E-state index in [2.05, 4.69) is 0 Å². The van der Waals surface area contributed by atoms with Crippen molar-refractivity contribution in [2.75, 3.05) is 6.54 Å². The minimum Gasteiger partial charge on any atom is -0.480 e. The van der Waals surface area contributed by atoms with Crippen LogP contribution < -0.4 is 0 Å². The molecule has 1 aromatic carbocycles. The fourth-order valence-electron chi connectivity index (χ4n) is 2.27. The molecule has 0 aromatic heterocycles. The van der Waals surface area contributed by atoms with Crippen molar-refractivity contribution in [3.63, 3.8) is 0 Å². The van der Waals surface area contributed by atoms with Crippen LogP contribution in [0.15, 0.2) is 24.3 Å². The Kier molecular flexibility index (Phi) is 3.64. The van der Waals surface area contributed by atoms with Crippen LogP contribution in [-0.2, 0) is 20.8 Å². The van der Waals surface area contributed by atoms with Crippen LogP contribution in [0.25, 0.3) is 0 Å². The Morgan fingerprint density at radius 3 is 2.58 bits per heavy atom. The number of likely N-dealkylation sites (tertiary alicyclic amines) is 1. The van der Waals surface area contributed by atoms with Gasteiger partial charge in [0, 0.05) is 6.42 Å². The van der Waals surface area contributed by atoms with Gasteiger partial charge in [0.2, 0.25) is 5.91 Å². The number of nitrogens with zero attached hydrogens (tertiary/aromatic N) is 1. The summed E-state index contributed by atoms with van der Waals surface area (Å²) in [5.74, 6) is -1.70. The van der Waals surface area contributed by atoms with Crippen LogP contribution >= 0.6 is 0 Å². The molecule has 0 bridgehead atoms. The van der Waals surface area contributed by atoms with E-state index in [1.54, 1.807) is 0 Å². The number of benzene rings is 1. The highest BCUT2D eigenvalue weighted by molar-refractivity contribution is 6.06. The molecule has 1 aromatic rings. The maximum atomic E-state index is 11.6. The first-order valence-corrected chi connectivity index (χ1v) is 6.07. The highest BCUT2D eigenvalue weighted by atomic mass is 16.4. The quantitative estimate of drug-likeness (QED) is 0.813. The third-order valence-corrected chi connectivity index (χ3v) is 3.35. The van der Waals surface area contributed by atoms with Gasteiger partial charge in [-0.1, -0.05) is 24.3 Å². The molecule has 1 atom stereocenters. The first kappa shape index (κ1) is 13.3. The molecule has 1 amide bonds. The van der Waals surface area contributed by atoms with Gasteiger partial charge in [-0.05, 0) is 18.1 Å². The van der Waals surface area contributed by atoms with E-state index in [0.717, 1.165) is 16.0 Å². The third kappa shape index (κ3) is 2.81. The molecule has 0 spiro atoms. The van der Waals surface area contributed by atoms with Crippen LogP contribution in [0.2, 0.25) is 0 Å². The molecule has 0 aliphatic carbocycles. The molecule has 5 nitrogen and oxygen atoms in total. The molecule has 19 heavy (non-hydrogen) atoms. The molecule has 1 fully saturated rings. The Hall–Kier alpha value is -2.17. The minimum absolute atomic E-state index is 0.0956. The van der Waals surface area contributed by atoms with Gasteiger partial charge in [-0.3, -0.25) is 9.59 Å². The zero-order chi connectivity index (χ0) is 14.0. The standard InChI is InChI=1S/C14H15NO4/c1-9-4-2-3-5-10(9)6-12(14(18)19)15-8-11(16)7-13(15)17/h2-5,12H,6-8H2,1H3,(H,18,19)/t12-/m0/s1. The number of carbonyl (C=O) groups excluding carboxylic acids is 2. The number of Topliss-reactive ketones (excluding diaryl/α,β-unsaturated/α-hetero) is 1. The molecular weight excluding hydrogens is 246 g/mol. The van der Waals surface area contributed by atoms with Crippen LogP contribution in [0.1, 0.15) is 17.5 Å². The van der Waals surface area contributed by atoms with Gasteiger partial charge in [0.15, 0.2) is 5.78 Å². The number of carboxylic acids is 1. The van der Waals surface area contributed by atoms with Gasteiger partial charge in [-0.15, -0.1) is 0 Å². The van der Waals surface area contributed by atoms with Crippen molar-refractivity contribution in [2.24, 2.45) is 0 Å². The van der Waals surface area contributed by atoms with Gasteiger partial charge in [0.05, 0.1) is 13.0 Å². The molecule has 1 aliphatic heterocycles. The van der Waals surface area contributed by atoms with E-state index in [4.69, 9.17) is 0 Å². The topological polar surface area (TPSA) is 74.7 Å². The van der Waals surface area contributed by atoms with E-state index in [1.807, 2.05) is 31.2 Å². The summed E-state index contributed by atoms with van der Waals surface area (Å²) in [5.41, 5.74) is 1.86. The van der Waals surface area contributed by atoms with Gasteiger partial charge in [-0.2, -0.15) is 0 Å². The molecule has 0 unspecified atom stereocenters. The van der Waals surface area contributed by atoms with E-state index in [9.17, 15) is 19.5 Å². The predicted octanol–water partition coefficient (Wildman–Crippen LogP) is 0.792. The summed E-state index contributed by atoms with van der Waals surface area (Å²) in [7, 11) is 0. The second kappa shape index (κ2) is 5.22. The summed E-state index contributed by atoms with van der Waals surface area (Å²) in [4.78, 5) is 35.4. The van der Waals surface area contributed by atoms with Crippen molar-refractivity contribution in [2.45, 2.75) is 25.8 Å². The fraction of sp³-hybridized carbons (Fsp3) is 0.357. The van der Waals surface area contributed by atoms with Crippen LogP contribution in [0.4, 0.5) is 0 Å². The zero-order valence-corrected chi connectivity index (χ0v) is 10.6. The molecule has 1 heterocycles. The van der Waals surface area contributed by atoms with E-state index in [-0.39, 0.29) is 25.2 Å². The maximum Gasteiger partial charge on any atom is 0.326 e. The van der Waals surface area contributed by atoms with Crippen molar-refractivity contribution >= 4 is 17.7 Å². The molecule has 1 N–H and O–H groups in total. The number of aryl methyl sites for hydroxylation is 1. The van der Waals surface area contributed by atoms with Gasteiger partial charge < -0.3 is 10.0 Å². The number of carbonyl (C=O) groups is 3. The molecule has 1 aliphatic rings. The second-order valence-corrected chi connectivity index (χ2v) is 4.72. The van der Waals surface area contributed by atoms with Crippen LogP contribution in [0, 0.1) is 6.92 Å². The number of amides is 1. The zero-order valence-electron chi connectivity index (χ0n) is 10.6. The average Bonchev–Trinajstić information content (AvgIpc) is 2.67. The summed E-state index contributed by atoms with van der Waals surface area (Å²) in [6.45, 7) is 1.80. The molecule has 100 valence electrons. The summed E-state index contributed by atoms with van der Waals surface area (Å²) in [6, 6.07) is 6.47. The highest BCUT2D eigenvalue weighted by Gasteiger charge is 2.36. The number of carboxylic acid groups (broad SMARTS) is 1. The van der Waals surface area contributed by atoms with E-state index in [0.29, 0.717) is 0 Å². The van der Waals surface area contributed by atoms with Gasteiger partial charge in [0.1, 0.15) is 6.04 Å². The first-order chi connectivity index (χ1) is 8.99. The Labute approximate surface area is 110 Å². The minimum atomic E-state index is -1.08. The molecule has 0 saturated carbocycles. The Bertz CT molecular complexity index is 538. The Balaban J connectivity index is 2.22. The van der Waals surface area contributed by atoms with Gasteiger partial charge >= 0.3 is 5.97 Å². The van der Waals surface area contributed by atoms with Crippen molar-refractivity contribution in [1.82, 2.24) is 4.90 Å². The fourth-order valence-corrected chi connectivity index (χ4v) is 2.27. The lowest BCUT2D eigenvalue weighted by molar-refractivity contribution is -0.148. The SMILES string of the molecule is Cc1ccccc1C[C@@H](C(=O)O)N1CC(=O)CC1=O.